The van der Waals surface area contributed by atoms with E-state index in [1.165, 1.54) is 0 Å². The lowest BCUT2D eigenvalue weighted by Crippen LogP contribution is -2.00. The molecule has 0 aliphatic heterocycles. The molecule has 0 aliphatic carbocycles. The number of rotatable bonds is 4. The van der Waals surface area contributed by atoms with Crippen LogP contribution < -0.4 is 0 Å². The molecule has 0 saturated carbocycles. The smallest absolute Gasteiger partial charge is 0.164 e. The lowest BCUT2D eigenvalue weighted by Gasteiger charge is -2.12. The summed E-state index contributed by atoms with van der Waals surface area (Å²) in [6, 6.07) is 60.4. The third-order valence-electron chi connectivity index (χ3n) is 11.7. The zero-order valence-corrected chi connectivity index (χ0v) is 31.3. The summed E-state index contributed by atoms with van der Waals surface area (Å²) in [5.41, 5.74) is 9.98. The zero-order chi connectivity index (χ0) is 38.6. The van der Waals surface area contributed by atoms with Gasteiger partial charge in [0.25, 0.3) is 0 Å². The highest BCUT2D eigenvalue weighted by Crippen LogP contribution is 2.42. The fraction of sp³-hybridized carbons (Fsp3) is 0. The van der Waals surface area contributed by atoms with Gasteiger partial charge < -0.3 is 13.3 Å². The largest absolute Gasteiger partial charge is 0.456 e. The molecule has 13 aromatic rings. The van der Waals surface area contributed by atoms with Gasteiger partial charge >= 0.3 is 0 Å². The van der Waals surface area contributed by atoms with Gasteiger partial charge in [-0.15, -0.1) is 0 Å². The Balaban J connectivity index is 1.03. The van der Waals surface area contributed by atoms with Crippen LogP contribution in [-0.4, -0.2) is 15.0 Å². The minimum Gasteiger partial charge on any atom is -0.456 e. The standard InChI is InChI=1S/C53H29N3O3/c1-4-17-42-37(11-1)48-36(15-8-20-45(48)57-42)35-14-7-10-31-28-32(24-26-34(31)35)51-54-52(56-53(55-51)40-16-9-21-46-49(40)38-12-2-5-18-43(38)58-46)33-23-22-30-25-27-47-50(41(30)29-33)39-13-3-6-19-44(39)59-47/h1-29H. The van der Waals surface area contributed by atoms with E-state index in [4.69, 9.17) is 28.2 Å². The molecule has 0 saturated heterocycles. The first-order valence-electron chi connectivity index (χ1n) is 19.7. The van der Waals surface area contributed by atoms with Crippen LogP contribution in [0, 0.1) is 0 Å². The van der Waals surface area contributed by atoms with Crippen LogP contribution in [0.15, 0.2) is 189 Å². The number of hydrogen-bond acceptors (Lipinski definition) is 6. The molecule has 6 nitrogen and oxygen atoms in total. The van der Waals surface area contributed by atoms with E-state index in [0.717, 1.165) is 115 Å². The molecule has 13 rings (SSSR count). The summed E-state index contributed by atoms with van der Waals surface area (Å²) in [5, 5.41) is 10.8. The second kappa shape index (κ2) is 12.2. The fourth-order valence-electron chi connectivity index (χ4n) is 9.05. The van der Waals surface area contributed by atoms with Crippen molar-refractivity contribution in [3.8, 4) is 45.3 Å². The van der Waals surface area contributed by atoms with E-state index in [0.29, 0.717) is 17.5 Å². The second-order valence-corrected chi connectivity index (χ2v) is 15.1. The molecule has 0 bridgehead atoms. The number of fused-ring (bicyclic) bond motifs is 12. The topological polar surface area (TPSA) is 78.1 Å². The van der Waals surface area contributed by atoms with Crippen LogP contribution in [-0.2, 0) is 0 Å². The molecule has 9 aromatic carbocycles. The van der Waals surface area contributed by atoms with Gasteiger partial charge in [0.2, 0.25) is 0 Å². The van der Waals surface area contributed by atoms with Crippen LogP contribution in [0.2, 0.25) is 0 Å². The van der Waals surface area contributed by atoms with Crippen molar-refractivity contribution >= 4 is 87.4 Å². The highest BCUT2D eigenvalue weighted by atomic mass is 16.3. The summed E-state index contributed by atoms with van der Waals surface area (Å²) in [5.74, 6) is 1.73. The SMILES string of the molecule is c1cc(-c2cccc3oc4ccccc4c23)c2ccc(-c3nc(-c4ccc5ccc6oc7ccccc7c6c5c4)nc(-c4cccc5oc6ccccc6c45)n3)cc2c1. The van der Waals surface area contributed by atoms with Gasteiger partial charge in [0.1, 0.15) is 33.5 Å². The molecule has 0 radical (unpaired) electrons. The molecule has 59 heavy (non-hydrogen) atoms. The van der Waals surface area contributed by atoms with Gasteiger partial charge in [-0.25, -0.2) is 15.0 Å². The summed E-state index contributed by atoms with van der Waals surface area (Å²) in [7, 11) is 0. The number of para-hydroxylation sites is 3. The van der Waals surface area contributed by atoms with E-state index in [9.17, 15) is 0 Å². The number of benzene rings is 9. The molecule has 4 aromatic heterocycles. The number of hydrogen-bond donors (Lipinski definition) is 0. The molecule has 0 aliphatic rings. The maximum Gasteiger partial charge on any atom is 0.164 e. The van der Waals surface area contributed by atoms with Crippen LogP contribution >= 0.6 is 0 Å². The summed E-state index contributed by atoms with van der Waals surface area (Å²) in [6.45, 7) is 0. The minimum atomic E-state index is 0.571. The number of aromatic nitrogens is 3. The third-order valence-corrected chi connectivity index (χ3v) is 11.7. The first kappa shape index (κ1) is 32.0. The Kier molecular flexibility index (Phi) is 6.63. The summed E-state index contributed by atoms with van der Waals surface area (Å²) in [6.07, 6.45) is 0. The zero-order valence-electron chi connectivity index (χ0n) is 31.3. The highest BCUT2D eigenvalue weighted by molar-refractivity contribution is 6.20. The van der Waals surface area contributed by atoms with Crippen molar-refractivity contribution in [2.75, 3.05) is 0 Å². The minimum absolute atomic E-state index is 0.571. The van der Waals surface area contributed by atoms with Crippen molar-refractivity contribution < 1.29 is 13.3 Å². The van der Waals surface area contributed by atoms with Crippen molar-refractivity contribution in [1.82, 2.24) is 15.0 Å². The van der Waals surface area contributed by atoms with Crippen LogP contribution in [0.3, 0.4) is 0 Å². The van der Waals surface area contributed by atoms with Gasteiger partial charge in [-0.05, 0) is 81.2 Å². The Morgan fingerprint density at radius 1 is 0.271 bits per heavy atom. The molecular formula is C53H29N3O3. The molecule has 0 N–H and O–H groups in total. The molecule has 6 heteroatoms. The first-order valence-corrected chi connectivity index (χ1v) is 19.7. The first-order chi connectivity index (χ1) is 29.2. The molecule has 0 atom stereocenters. The third kappa shape index (κ3) is 4.84. The Morgan fingerprint density at radius 2 is 0.763 bits per heavy atom. The lowest BCUT2D eigenvalue weighted by atomic mass is 9.94. The summed E-state index contributed by atoms with van der Waals surface area (Å²) >= 11 is 0. The molecule has 0 unspecified atom stereocenters. The van der Waals surface area contributed by atoms with Crippen molar-refractivity contribution in [2.24, 2.45) is 0 Å². The monoisotopic (exact) mass is 755 g/mol. The maximum absolute atomic E-state index is 6.32. The molecular weight excluding hydrogens is 727 g/mol. The van der Waals surface area contributed by atoms with Crippen molar-refractivity contribution in [3.05, 3.63) is 176 Å². The van der Waals surface area contributed by atoms with Crippen molar-refractivity contribution in [1.29, 1.82) is 0 Å². The Morgan fingerprint density at radius 3 is 1.46 bits per heavy atom. The lowest BCUT2D eigenvalue weighted by molar-refractivity contribution is 0.668. The number of nitrogens with zero attached hydrogens (tertiary/aromatic N) is 3. The van der Waals surface area contributed by atoms with E-state index in [2.05, 4.69) is 115 Å². The Labute approximate surface area is 335 Å². The fourth-order valence-corrected chi connectivity index (χ4v) is 9.05. The van der Waals surface area contributed by atoms with Crippen LogP contribution in [0.25, 0.3) is 133 Å². The summed E-state index contributed by atoms with van der Waals surface area (Å²) in [4.78, 5) is 15.7. The average Bonchev–Trinajstić information content (AvgIpc) is 4.00. The maximum atomic E-state index is 6.32. The molecule has 4 heterocycles. The van der Waals surface area contributed by atoms with Gasteiger partial charge in [-0.1, -0.05) is 127 Å². The quantitative estimate of drug-likeness (QED) is 0.178. The van der Waals surface area contributed by atoms with Gasteiger partial charge in [0, 0.05) is 49.0 Å². The van der Waals surface area contributed by atoms with E-state index in [1.54, 1.807) is 0 Å². The normalized spacial score (nSPS) is 12.1. The Hall–Kier alpha value is -8.09. The predicted molar refractivity (Wildman–Crippen MR) is 238 cm³/mol. The molecule has 0 spiro atoms. The molecule has 0 fully saturated rings. The average molecular weight is 756 g/mol. The van der Waals surface area contributed by atoms with Gasteiger partial charge in [-0.3, -0.25) is 0 Å². The van der Waals surface area contributed by atoms with E-state index >= 15 is 0 Å². The van der Waals surface area contributed by atoms with Gasteiger partial charge in [0.05, 0.1) is 0 Å². The van der Waals surface area contributed by atoms with Crippen molar-refractivity contribution in [2.45, 2.75) is 0 Å². The van der Waals surface area contributed by atoms with E-state index < -0.39 is 0 Å². The van der Waals surface area contributed by atoms with Crippen LogP contribution in [0.5, 0.6) is 0 Å². The second-order valence-electron chi connectivity index (χ2n) is 15.1. The van der Waals surface area contributed by atoms with Crippen LogP contribution in [0.1, 0.15) is 0 Å². The molecule has 274 valence electrons. The van der Waals surface area contributed by atoms with Gasteiger partial charge in [0.15, 0.2) is 17.5 Å². The Bertz CT molecular complexity index is 3870. The number of furan rings is 3. The van der Waals surface area contributed by atoms with Crippen molar-refractivity contribution in [3.63, 3.8) is 0 Å². The highest BCUT2D eigenvalue weighted by Gasteiger charge is 2.20. The van der Waals surface area contributed by atoms with Gasteiger partial charge in [-0.2, -0.15) is 0 Å². The van der Waals surface area contributed by atoms with E-state index in [1.807, 2.05) is 60.7 Å². The summed E-state index contributed by atoms with van der Waals surface area (Å²) < 4.78 is 18.9. The molecule has 0 amide bonds. The van der Waals surface area contributed by atoms with E-state index in [-0.39, 0.29) is 0 Å². The predicted octanol–water partition coefficient (Wildman–Crippen LogP) is 14.5. The van der Waals surface area contributed by atoms with Crippen LogP contribution in [0.4, 0.5) is 0 Å².